The van der Waals surface area contributed by atoms with Crippen molar-refractivity contribution >= 4 is 28.9 Å². The fourth-order valence-corrected chi connectivity index (χ4v) is 3.51. The maximum atomic E-state index is 12.5. The molecule has 4 rings (SSSR count). The van der Waals surface area contributed by atoms with Gasteiger partial charge in [0.25, 0.3) is 5.91 Å². The number of pyridine rings is 1. The van der Waals surface area contributed by atoms with E-state index in [1.54, 1.807) is 6.20 Å². The lowest BCUT2D eigenvalue weighted by atomic mass is 10.0. The molecule has 0 bridgehead atoms. The SMILES string of the molecule is O=C(NCc1ccc(Cl)cc1)c1cc(N2CCCc3ccccc32)ccn1. The standard InChI is InChI=1S/C22H20ClN3O/c23-18-9-7-16(8-10-18)15-25-22(27)20-14-19(11-12-24-20)26-13-3-5-17-4-1-2-6-21(17)26/h1-2,4,6-12,14H,3,5,13,15H2,(H,25,27). The number of para-hydroxylation sites is 1. The minimum atomic E-state index is -0.183. The van der Waals surface area contributed by atoms with Crippen LogP contribution in [-0.4, -0.2) is 17.4 Å². The van der Waals surface area contributed by atoms with Gasteiger partial charge in [-0.05, 0) is 54.3 Å². The van der Waals surface area contributed by atoms with Crippen molar-refractivity contribution in [2.24, 2.45) is 0 Å². The first-order valence-corrected chi connectivity index (χ1v) is 9.43. The van der Waals surface area contributed by atoms with Gasteiger partial charge in [0, 0.05) is 35.7 Å². The highest BCUT2D eigenvalue weighted by Crippen LogP contribution is 2.33. The molecule has 1 N–H and O–H groups in total. The molecule has 1 amide bonds. The largest absolute Gasteiger partial charge is 0.347 e. The van der Waals surface area contributed by atoms with Crippen LogP contribution in [0, 0.1) is 0 Å². The smallest absolute Gasteiger partial charge is 0.270 e. The van der Waals surface area contributed by atoms with E-state index in [1.807, 2.05) is 36.4 Å². The summed E-state index contributed by atoms with van der Waals surface area (Å²) in [7, 11) is 0. The van der Waals surface area contributed by atoms with Gasteiger partial charge >= 0.3 is 0 Å². The number of halogens is 1. The molecule has 0 atom stereocenters. The quantitative estimate of drug-likeness (QED) is 0.713. The van der Waals surface area contributed by atoms with Crippen LogP contribution in [0.2, 0.25) is 5.02 Å². The van der Waals surface area contributed by atoms with Gasteiger partial charge in [-0.1, -0.05) is 41.9 Å². The zero-order valence-electron chi connectivity index (χ0n) is 14.9. The van der Waals surface area contributed by atoms with E-state index in [-0.39, 0.29) is 5.91 Å². The summed E-state index contributed by atoms with van der Waals surface area (Å²) in [5.74, 6) is -0.183. The van der Waals surface area contributed by atoms with Gasteiger partial charge in [-0.25, -0.2) is 0 Å². The molecule has 5 heteroatoms. The normalized spacial score (nSPS) is 13.1. The molecular formula is C22H20ClN3O. The van der Waals surface area contributed by atoms with Crippen LogP contribution in [0.25, 0.3) is 0 Å². The van der Waals surface area contributed by atoms with E-state index in [2.05, 4.69) is 39.5 Å². The summed E-state index contributed by atoms with van der Waals surface area (Å²) in [6, 6.07) is 19.7. The molecule has 4 nitrogen and oxygen atoms in total. The second kappa shape index (κ2) is 7.80. The van der Waals surface area contributed by atoms with Crippen molar-refractivity contribution in [3.63, 3.8) is 0 Å². The Labute approximate surface area is 163 Å². The van der Waals surface area contributed by atoms with Crippen LogP contribution in [0.3, 0.4) is 0 Å². The zero-order valence-corrected chi connectivity index (χ0v) is 15.6. The minimum absolute atomic E-state index is 0.183. The highest BCUT2D eigenvalue weighted by Gasteiger charge is 2.19. The molecule has 0 radical (unpaired) electrons. The molecule has 0 unspecified atom stereocenters. The minimum Gasteiger partial charge on any atom is -0.347 e. The van der Waals surface area contributed by atoms with Gasteiger partial charge in [-0.15, -0.1) is 0 Å². The molecule has 27 heavy (non-hydrogen) atoms. The molecule has 2 heterocycles. The van der Waals surface area contributed by atoms with Crippen molar-refractivity contribution in [1.82, 2.24) is 10.3 Å². The summed E-state index contributed by atoms with van der Waals surface area (Å²) in [5.41, 5.74) is 4.96. The van der Waals surface area contributed by atoms with Gasteiger partial charge in [0.15, 0.2) is 0 Å². The van der Waals surface area contributed by atoms with Gasteiger partial charge in [0.2, 0.25) is 0 Å². The number of aryl methyl sites for hydroxylation is 1. The van der Waals surface area contributed by atoms with E-state index in [0.717, 1.165) is 30.6 Å². The molecule has 3 aromatic rings. The Bertz CT molecular complexity index is 956. The van der Waals surface area contributed by atoms with Gasteiger partial charge in [0.05, 0.1) is 0 Å². The first-order valence-electron chi connectivity index (χ1n) is 9.05. The van der Waals surface area contributed by atoms with Crippen molar-refractivity contribution < 1.29 is 4.79 Å². The second-order valence-electron chi connectivity index (χ2n) is 6.59. The van der Waals surface area contributed by atoms with Gasteiger partial charge in [-0.3, -0.25) is 9.78 Å². The second-order valence-corrected chi connectivity index (χ2v) is 7.03. The van der Waals surface area contributed by atoms with Gasteiger partial charge in [0.1, 0.15) is 5.69 Å². The summed E-state index contributed by atoms with van der Waals surface area (Å²) in [6.45, 7) is 1.38. The molecule has 2 aromatic carbocycles. The maximum absolute atomic E-state index is 12.5. The van der Waals surface area contributed by atoms with E-state index < -0.39 is 0 Å². The Morgan fingerprint density at radius 3 is 2.78 bits per heavy atom. The van der Waals surface area contributed by atoms with Crippen molar-refractivity contribution in [2.45, 2.75) is 19.4 Å². The average Bonchev–Trinajstić information content (AvgIpc) is 2.73. The number of rotatable bonds is 4. The summed E-state index contributed by atoms with van der Waals surface area (Å²) in [6.07, 6.45) is 3.88. The zero-order chi connectivity index (χ0) is 18.6. The number of amides is 1. The highest BCUT2D eigenvalue weighted by atomic mass is 35.5. The number of hydrogen-bond donors (Lipinski definition) is 1. The van der Waals surface area contributed by atoms with E-state index in [1.165, 1.54) is 11.3 Å². The van der Waals surface area contributed by atoms with Crippen LogP contribution in [0.5, 0.6) is 0 Å². The number of aromatic nitrogens is 1. The van der Waals surface area contributed by atoms with Crippen LogP contribution in [0.15, 0.2) is 66.9 Å². The Morgan fingerprint density at radius 1 is 1.11 bits per heavy atom. The van der Waals surface area contributed by atoms with E-state index >= 15 is 0 Å². The molecule has 136 valence electrons. The van der Waals surface area contributed by atoms with Crippen molar-refractivity contribution in [3.05, 3.63) is 88.7 Å². The number of carbonyl (C=O) groups is 1. The molecule has 0 saturated carbocycles. The number of benzene rings is 2. The Morgan fingerprint density at radius 2 is 1.93 bits per heavy atom. The third-order valence-electron chi connectivity index (χ3n) is 4.76. The van der Waals surface area contributed by atoms with Gasteiger partial charge < -0.3 is 10.2 Å². The summed E-state index contributed by atoms with van der Waals surface area (Å²) in [4.78, 5) is 19.1. The van der Waals surface area contributed by atoms with Crippen LogP contribution >= 0.6 is 11.6 Å². The first-order chi connectivity index (χ1) is 13.2. The van der Waals surface area contributed by atoms with E-state index in [0.29, 0.717) is 17.3 Å². The van der Waals surface area contributed by atoms with Gasteiger partial charge in [-0.2, -0.15) is 0 Å². The van der Waals surface area contributed by atoms with Crippen molar-refractivity contribution in [2.75, 3.05) is 11.4 Å². The summed E-state index contributed by atoms with van der Waals surface area (Å²) >= 11 is 5.90. The highest BCUT2D eigenvalue weighted by molar-refractivity contribution is 6.30. The lowest BCUT2D eigenvalue weighted by molar-refractivity contribution is 0.0946. The van der Waals surface area contributed by atoms with Crippen LogP contribution in [-0.2, 0) is 13.0 Å². The first kappa shape index (κ1) is 17.6. The van der Waals surface area contributed by atoms with Crippen molar-refractivity contribution in [3.8, 4) is 0 Å². The lowest BCUT2D eigenvalue weighted by Gasteiger charge is -2.31. The fourth-order valence-electron chi connectivity index (χ4n) is 3.39. The van der Waals surface area contributed by atoms with Crippen LogP contribution < -0.4 is 10.2 Å². The third kappa shape index (κ3) is 3.96. The predicted molar refractivity (Wildman–Crippen MR) is 109 cm³/mol. The molecule has 0 aliphatic carbocycles. The molecule has 0 fully saturated rings. The number of anilines is 2. The number of fused-ring (bicyclic) bond motifs is 1. The Kier molecular flexibility index (Phi) is 5.07. The number of carbonyl (C=O) groups excluding carboxylic acids is 1. The fraction of sp³-hybridized carbons (Fsp3) is 0.182. The number of hydrogen-bond acceptors (Lipinski definition) is 3. The molecule has 0 spiro atoms. The molecule has 1 aliphatic heterocycles. The molecule has 1 aliphatic rings. The van der Waals surface area contributed by atoms with E-state index in [9.17, 15) is 4.79 Å². The van der Waals surface area contributed by atoms with Crippen molar-refractivity contribution in [1.29, 1.82) is 0 Å². The van der Waals surface area contributed by atoms with Crippen LogP contribution in [0.4, 0.5) is 11.4 Å². The van der Waals surface area contributed by atoms with E-state index in [4.69, 9.17) is 11.6 Å². The molecule has 0 saturated heterocycles. The average molecular weight is 378 g/mol. The Hall–Kier alpha value is -2.85. The summed E-state index contributed by atoms with van der Waals surface area (Å²) in [5, 5.41) is 3.60. The number of nitrogens with zero attached hydrogens (tertiary/aromatic N) is 2. The lowest BCUT2D eigenvalue weighted by Crippen LogP contribution is -2.26. The monoisotopic (exact) mass is 377 g/mol. The molecular weight excluding hydrogens is 358 g/mol. The maximum Gasteiger partial charge on any atom is 0.270 e. The number of nitrogens with one attached hydrogen (secondary N) is 1. The summed E-state index contributed by atoms with van der Waals surface area (Å²) < 4.78 is 0. The molecule has 1 aromatic heterocycles. The predicted octanol–water partition coefficient (Wildman–Crippen LogP) is 4.75. The topological polar surface area (TPSA) is 45.2 Å². The third-order valence-corrected chi connectivity index (χ3v) is 5.02. The van der Waals surface area contributed by atoms with Crippen LogP contribution in [0.1, 0.15) is 28.0 Å². The Balaban J connectivity index is 1.51.